The van der Waals surface area contributed by atoms with Gasteiger partial charge in [0.25, 0.3) is 0 Å². The number of carbonyl (C=O) groups excluding carboxylic acids is 1. The lowest BCUT2D eigenvalue weighted by atomic mass is 9.69. The van der Waals surface area contributed by atoms with Crippen LogP contribution in [0.3, 0.4) is 0 Å². The van der Waals surface area contributed by atoms with E-state index in [9.17, 15) is 4.79 Å². The van der Waals surface area contributed by atoms with Crippen LogP contribution in [0, 0.1) is 17.8 Å². The summed E-state index contributed by atoms with van der Waals surface area (Å²) in [6.07, 6.45) is 7.36. The van der Waals surface area contributed by atoms with Gasteiger partial charge in [-0.1, -0.05) is 25.3 Å². The normalized spacial score (nSPS) is 24.9. The summed E-state index contributed by atoms with van der Waals surface area (Å²) in [6.45, 7) is 8.39. The van der Waals surface area contributed by atoms with E-state index >= 15 is 0 Å². The van der Waals surface area contributed by atoms with E-state index in [-0.39, 0.29) is 17.9 Å². The molecule has 0 aromatic carbocycles. The van der Waals surface area contributed by atoms with Gasteiger partial charge in [0.2, 0.25) is 5.91 Å². The largest absolute Gasteiger partial charge is 0.354 e. The second-order valence-corrected chi connectivity index (χ2v) is 7.17. The average Bonchev–Trinajstić information content (AvgIpc) is 3.15. The standard InChI is InChI=1S/C20H23N5O/c1-3-4-5-7-17(26)25-12-15(2)20(25)9-6-11-24(13-20)19-16-8-10-21-18(16)22-14-23-19/h3,8,10,14-15H,1,6-7,9,11-13H2,2H3,(H,21,22,23). The lowest BCUT2D eigenvalue weighted by Crippen LogP contribution is -2.73. The van der Waals surface area contributed by atoms with Crippen LogP contribution in [0.1, 0.15) is 26.2 Å². The van der Waals surface area contributed by atoms with E-state index in [1.807, 2.05) is 17.2 Å². The van der Waals surface area contributed by atoms with Gasteiger partial charge in [-0.25, -0.2) is 9.97 Å². The van der Waals surface area contributed by atoms with Crippen LogP contribution in [0.5, 0.6) is 0 Å². The van der Waals surface area contributed by atoms with Gasteiger partial charge in [0.1, 0.15) is 17.8 Å². The second kappa shape index (κ2) is 6.49. The van der Waals surface area contributed by atoms with Crippen LogP contribution in [0.15, 0.2) is 31.2 Å². The van der Waals surface area contributed by atoms with E-state index in [1.165, 1.54) is 6.08 Å². The Balaban J connectivity index is 1.59. The smallest absolute Gasteiger partial charge is 0.235 e. The maximum absolute atomic E-state index is 12.7. The minimum Gasteiger partial charge on any atom is -0.354 e. The van der Waals surface area contributed by atoms with Crippen LogP contribution in [-0.4, -0.2) is 50.9 Å². The van der Waals surface area contributed by atoms with Gasteiger partial charge in [-0.05, 0) is 30.9 Å². The van der Waals surface area contributed by atoms with Crippen LogP contribution < -0.4 is 4.90 Å². The number of nitrogens with one attached hydrogen (secondary N) is 1. The highest BCUT2D eigenvalue weighted by Gasteiger charge is 2.54. The molecule has 0 bridgehead atoms. The summed E-state index contributed by atoms with van der Waals surface area (Å²) >= 11 is 0. The maximum Gasteiger partial charge on any atom is 0.235 e. The van der Waals surface area contributed by atoms with Gasteiger partial charge in [0.15, 0.2) is 0 Å². The first-order chi connectivity index (χ1) is 12.7. The molecular weight excluding hydrogens is 326 g/mol. The number of fused-ring (bicyclic) bond motifs is 1. The van der Waals surface area contributed by atoms with Crippen LogP contribution in [0.25, 0.3) is 11.0 Å². The fourth-order valence-electron chi connectivity index (χ4n) is 4.40. The molecule has 2 atom stereocenters. The van der Waals surface area contributed by atoms with Crippen molar-refractivity contribution in [2.24, 2.45) is 5.92 Å². The number of nitrogens with zero attached hydrogens (tertiary/aromatic N) is 4. The topological polar surface area (TPSA) is 65.1 Å². The number of carbonyl (C=O) groups is 1. The van der Waals surface area contributed by atoms with Crippen molar-refractivity contribution in [1.82, 2.24) is 19.9 Å². The fraction of sp³-hybridized carbons (Fsp3) is 0.450. The summed E-state index contributed by atoms with van der Waals surface area (Å²) in [5, 5.41) is 1.03. The highest BCUT2D eigenvalue weighted by atomic mass is 16.2. The highest BCUT2D eigenvalue weighted by molar-refractivity contribution is 5.87. The minimum atomic E-state index is -0.112. The van der Waals surface area contributed by atoms with Crippen molar-refractivity contribution in [3.8, 4) is 11.8 Å². The van der Waals surface area contributed by atoms with Gasteiger partial charge >= 0.3 is 0 Å². The predicted molar refractivity (Wildman–Crippen MR) is 102 cm³/mol. The van der Waals surface area contributed by atoms with Gasteiger partial charge in [-0.15, -0.1) is 0 Å². The molecule has 1 amide bonds. The molecule has 0 radical (unpaired) electrons. The molecule has 134 valence electrons. The molecule has 2 aromatic heterocycles. The third kappa shape index (κ3) is 2.55. The fourth-order valence-corrected chi connectivity index (χ4v) is 4.40. The summed E-state index contributed by atoms with van der Waals surface area (Å²) in [5.41, 5.74) is 0.739. The molecule has 2 aromatic rings. The van der Waals surface area contributed by atoms with Gasteiger partial charge in [-0.2, -0.15) is 0 Å². The van der Waals surface area contributed by atoms with Crippen molar-refractivity contribution in [3.63, 3.8) is 0 Å². The van der Waals surface area contributed by atoms with E-state index in [0.29, 0.717) is 5.92 Å². The molecule has 4 heterocycles. The van der Waals surface area contributed by atoms with Crippen LogP contribution in [0.4, 0.5) is 5.82 Å². The number of likely N-dealkylation sites (tertiary alicyclic amines) is 1. The third-order valence-corrected chi connectivity index (χ3v) is 5.79. The first-order valence-electron chi connectivity index (χ1n) is 9.08. The molecule has 2 saturated heterocycles. The van der Waals surface area contributed by atoms with Crippen molar-refractivity contribution in [3.05, 3.63) is 31.2 Å². The SMILES string of the molecule is C=CC#CCC(=O)N1CC(C)C12CCCN(c1ncnc3[nH]ccc13)C2. The quantitative estimate of drug-likeness (QED) is 0.846. The number of anilines is 1. The Morgan fingerprint density at radius 1 is 1.54 bits per heavy atom. The van der Waals surface area contributed by atoms with Crippen molar-refractivity contribution < 1.29 is 4.79 Å². The minimum absolute atomic E-state index is 0.112. The molecule has 6 heteroatoms. The lowest BCUT2D eigenvalue weighted by molar-refractivity contribution is -0.156. The van der Waals surface area contributed by atoms with E-state index in [1.54, 1.807) is 6.33 Å². The van der Waals surface area contributed by atoms with E-state index in [4.69, 9.17) is 0 Å². The van der Waals surface area contributed by atoms with Crippen molar-refractivity contribution in [1.29, 1.82) is 0 Å². The Labute approximate surface area is 153 Å². The van der Waals surface area contributed by atoms with Crippen LogP contribution in [0.2, 0.25) is 0 Å². The molecule has 2 unspecified atom stereocenters. The molecule has 1 spiro atoms. The summed E-state index contributed by atoms with van der Waals surface area (Å²) in [5.74, 6) is 7.21. The van der Waals surface area contributed by atoms with Crippen LogP contribution in [-0.2, 0) is 4.79 Å². The predicted octanol–water partition coefficient (Wildman–Crippen LogP) is 2.35. The van der Waals surface area contributed by atoms with Gasteiger partial charge in [-0.3, -0.25) is 4.79 Å². The van der Waals surface area contributed by atoms with Crippen molar-refractivity contribution in [2.45, 2.75) is 31.7 Å². The summed E-state index contributed by atoms with van der Waals surface area (Å²) in [6, 6.07) is 2.02. The zero-order valence-corrected chi connectivity index (χ0v) is 15.0. The molecule has 2 fully saturated rings. The highest BCUT2D eigenvalue weighted by Crippen LogP contribution is 2.44. The lowest BCUT2D eigenvalue weighted by Gasteiger charge is -2.61. The second-order valence-electron chi connectivity index (χ2n) is 7.17. The number of aromatic amines is 1. The monoisotopic (exact) mass is 349 g/mol. The summed E-state index contributed by atoms with van der Waals surface area (Å²) in [7, 11) is 0. The van der Waals surface area contributed by atoms with E-state index in [2.05, 4.69) is 45.2 Å². The number of allylic oxidation sites excluding steroid dienone is 1. The number of aromatic nitrogens is 3. The van der Waals surface area contributed by atoms with Gasteiger partial charge in [0, 0.05) is 25.8 Å². The molecule has 2 aliphatic heterocycles. The molecular formula is C20H23N5O. The average molecular weight is 349 g/mol. The van der Waals surface area contributed by atoms with E-state index < -0.39 is 0 Å². The number of H-pyrrole nitrogens is 1. The Morgan fingerprint density at radius 2 is 2.42 bits per heavy atom. The molecule has 26 heavy (non-hydrogen) atoms. The first-order valence-corrected chi connectivity index (χ1v) is 9.08. The zero-order valence-electron chi connectivity index (χ0n) is 15.0. The number of rotatable bonds is 2. The van der Waals surface area contributed by atoms with Gasteiger partial charge in [0.05, 0.1) is 17.3 Å². The first kappa shape index (κ1) is 16.6. The Morgan fingerprint density at radius 3 is 3.23 bits per heavy atom. The Bertz CT molecular complexity index is 908. The number of hydrogen-bond acceptors (Lipinski definition) is 4. The molecule has 0 saturated carbocycles. The Kier molecular flexibility index (Phi) is 4.15. The molecule has 6 nitrogen and oxygen atoms in total. The molecule has 2 aliphatic rings. The van der Waals surface area contributed by atoms with E-state index in [0.717, 1.165) is 49.3 Å². The maximum atomic E-state index is 12.7. The number of amides is 1. The molecule has 4 rings (SSSR count). The van der Waals surface area contributed by atoms with Crippen LogP contribution >= 0.6 is 0 Å². The molecule has 0 aliphatic carbocycles. The van der Waals surface area contributed by atoms with Crippen molar-refractivity contribution in [2.75, 3.05) is 24.5 Å². The third-order valence-electron chi connectivity index (χ3n) is 5.79. The Hall–Kier alpha value is -2.81. The van der Waals surface area contributed by atoms with Gasteiger partial charge < -0.3 is 14.8 Å². The van der Waals surface area contributed by atoms with Crippen molar-refractivity contribution >= 4 is 22.8 Å². The molecule has 1 N–H and O–H groups in total. The summed E-state index contributed by atoms with van der Waals surface area (Å²) < 4.78 is 0. The zero-order chi connectivity index (χ0) is 18.1. The number of hydrogen-bond donors (Lipinski definition) is 1. The number of piperidine rings is 1. The summed E-state index contributed by atoms with van der Waals surface area (Å²) in [4.78, 5) is 29.0.